The number of hydrogen-bond acceptors (Lipinski definition) is 6. The largest absolute Gasteiger partial charge is 0.479 e. The number of rotatable bonds is 3. The van der Waals surface area contributed by atoms with E-state index >= 15 is 0 Å². The van der Waals surface area contributed by atoms with E-state index in [0.29, 0.717) is 11.2 Å². The zero-order valence-corrected chi connectivity index (χ0v) is 11.2. The number of pyridine rings is 1. The summed E-state index contributed by atoms with van der Waals surface area (Å²) in [6.07, 6.45) is -4.42. The van der Waals surface area contributed by atoms with Gasteiger partial charge in [0.2, 0.25) is 11.5 Å². The van der Waals surface area contributed by atoms with Gasteiger partial charge in [-0.25, -0.2) is 4.63 Å². The van der Waals surface area contributed by atoms with Crippen LogP contribution < -0.4 is 10.1 Å². The number of nitrogens with one attached hydrogen (secondary N) is 1. The highest BCUT2D eigenvalue weighted by Gasteiger charge is 2.30. The van der Waals surface area contributed by atoms with Crippen LogP contribution in [-0.2, 0) is 6.18 Å². The van der Waals surface area contributed by atoms with Crippen molar-refractivity contribution in [1.82, 2.24) is 15.3 Å². The minimum atomic E-state index is -4.42. The Bertz CT molecular complexity index is 816. The van der Waals surface area contributed by atoms with Gasteiger partial charge in [0.05, 0.1) is 12.7 Å². The molecule has 0 atom stereocenters. The van der Waals surface area contributed by atoms with Crippen molar-refractivity contribution in [3.63, 3.8) is 0 Å². The van der Waals surface area contributed by atoms with Crippen LogP contribution in [0, 0.1) is 0 Å². The van der Waals surface area contributed by atoms with E-state index in [9.17, 15) is 13.2 Å². The molecule has 0 saturated carbocycles. The van der Waals surface area contributed by atoms with Gasteiger partial charge in [0, 0.05) is 11.8 Å². The van der Waals surface area contributed by atoms with Gasteiger partial charge >= 0.3 is 6.18 Å². The van der Waals surface area contributed by atoms with Crippen LogP contribution in [0.5, 0.6) is 5.88 Å². The molecule has 2 aromatic heterocycles. The first-order valence-corrected chi connectivity index (χ1v) is 6.09. The van der Waals surface area contributed by atoms with Gasteiger partial charge in [0.25, 0.3) is 0 Å². The molecule has 0 saturated heterocycles. The van der Waals surface area contributed by atoms with Gasteiger partial charge < -0.3 is 10.1 Å². The molecule has 1 aromatic carbocycles. The number of benzene rings is 1. The highest BCUT2D eigenvalue weighted by molar-refractivity contribution is 5.78. The average Bonchev–Trinajstić information content (AvgIpc) is 2.93. The number of anilines is 2. The number of hydrogen-bond donors (Lipinski definition) is 1. The standard InChI is InChI=1S/C13H9F3N4O2/c1-21-12-10(6-9-11(18-12)20-22-19-9)17-8-4-2-3-7(5-8)13(14,15)16/h2-6,17H,1H3. The van der Waals surface area contributed by atoms with Crippen LogP contribution in [0.15, 0.2) is 35.0 Å². The highest BCUT2D eigenvalue weighted by atomic mass is 19.4. The molecular formula is C13H9F3N4O2. The lowest BCUT2D eigenvalue weighted by molar-refractivity contribution is -0.137. The second-order valence-corrected chi connectivity index (χ2v) is 4.36. The molecule has 0 unspecified atom stereocenters. The Hall–Kier alpha value is -2.84. The van der Waals surface area contributed by atoms with Crippen LogP contribution in [0.4, 0.5) is 24.5 Å². The Morgan fingerprint density at radius 1 is 1.18 bits per heavy atom. The molecule has 9 heteroatoms. The number of nitrogens with zero attached hydrogens (tertiary/aromatic N) is 3. The summed E-state index contributed by atoms with van der Waals surface area (Å²) in [7, 11) is 1.39. The number of ether oxygens (including phenoxy) is 1. The molecule has 3 aromatic rings. The third-order valence-electron chi connectivity index (χ3n) is 2.88. The van der Waals surface area contributed by atoms with Gasteiger partial charge in [0.1, 0.15) is 5.69 Å². The maximum atomic E-state index is 12.7. The minimum Gasteiger partial charge on any atom is -0.479 e. The van der Waals surface area contributed by atoms with Crippen LogP contribution >= 0.6 is 0 Å². The zero-order valence-electron chi connectivity index (χ0n) is 11.2. The molecule has 0 aliphatic heterocycles. The van der Waals surface area contributed by atoms with Crippen molar-refractivity contribution >= 4 is 22.5 Å². The number of alkyl halides is 3. The smallest absolute Gasteiger partial charge is 0.416 e. The summed E-state index contributed by atoms with van der Waals surface area (Å²) in [6, 6.07) is 6.31. The van der Waals surface area contributed by atoms with E-state index in [4.69, 9.17) is 4.74 Å². The van der Waals surface area contributed by atoms with Crippen molar-refractivity contribution in [2.75, 3.05) is 12.4 Å². The van der Waals surface area contributed by atoms with Crippen LogP contribution in [0.2, 0.25) is 0 Å². The van der Waals surface area contributed by atoms with Gasteiger partial charge in [0.15, 0.2) is 5.52 Å². The van der Waals surface area contributed by atoms with Crippen molar-refractivity contribution in [3.05, 3.63) is 35.9 Å². The van der Waals surface area contributed by atoms with E-state index in [1.54, 1.807) is 0 Å². The van der Waals surface area contributed by atoms with Gasteiger partial charge in [-0.15, -0.1) is 0 Å². The Morgan fingerprint density at radius 2 is 2.00 bits per heavy atom. The maximum absolute atomic E-state index is 12.7. The lowest BCUT2D eigenvalue weighted by Crippen LogP contribution is -2.05. The zero-order chi connectivity index (χ0) is 15.7. The molecule has 22 heavy (non-hydrogen) atoms. The van der Waals surface area contributed by atoms with Crippen LogP contribution in [0.1, 0.15) is 5.56 Å². The molecule has 1 N–H and O–H groups in total. The van der Waals surface area contributed by atoms with Crippen molar-refractivity contribution in [1.29, 1.82) is 0 Å². The summed E-state index contributed by atoms with van der Waals surface area (Å²) in [5.74, 6) is 0.167. The first-order chi connectivity index (χ1) is 10.5. The maximum Gasteiger partial charge on any atom is 0.416 e. The molecule has 6 nitrogen and oxygen atoms in total. The van der Waals surface area contributed by atoms with E-state index in [2.05, 4.69) is 25.2 Å². The molecule has 0 spiro atoms. The molecule has 114 valence electrons. The number of aromatic nitrogens is 3. The minimum absolute atomic E-state index is 0.167. The van der Waals surface area contributed by atoms with Crippen molar-refractivity contribution in [3.8, 4) is 5.88 Å². The number of halogens is 3. The lowest BCUT2D eigenvalue weighted by Gasteiger charge is -2.12. The van der Waals surface area contributed by atoms with Crippen LogP contribution in [-0.4, -0.2) is 22.4 Å². The molecule has 0 amide bonds. The Labute approximate surface area is 121 Å². The molecular weight excluding hydrogens is 301 g/mol. The summed E-state index contributed by atoms with van der Waals surface area (Å²) >= 11 is 0. The first-order valence-electron chi connectivity index (χ1n) is 6.09. The highest BCUT2D eigenvalue weighted by Crippen LogP contribution is 2.33. The van der Waals surface area contributed by atoms with Gasteiger partial charge in [-0.1, -0.05) is 6.07 Å². The summed E-state index contributed by atoms with van der Waals surface area (Å²) in [5, 5.41) is 10.0. The quantitative estimate of drug-likeness (QED) is 0.799. The predicted molar refractivity (Wildman–Crippen MR) is 70.9 cm³/mol. The van der Waals surface area contributed by atoms with E-state index < -0.39 is 11.7 Å². The monoisotopic (exact) mass is 310 g/mol. The van der Waals surface area contributed by atoms with E-state index in [1.807, 2.05) is 0 Å². The summed E-state index contributed by atoms with van der Waals surface area (Å²) in [4.78, 5) is 4.05. The third kappa shape index (κ3) is 2.65. The lowest BCUT2D eigenvalue weighted by atomic mass is 10.2. The summed E-state index contributed by atoms with van der Waals surface area (Å²) in [5.41, 5.74) is 0.436. The van der Waals surface area contributed by atoms with Crippen LogP contribution in [0.25, 0.3) is 11.2 Å². The number of fused-ring (bicyclic) bond motifs is 1. The van der Waals surface area contributed by atoms with E-state index in [0.717, 1.165) is 12.1 Å². The second kappa shape index (κ2) is 5.17. The van der Waals surface area contributed by atoms with E-state index in [-0.39, 0.29) is 17.2 Å². The fourth-order valence-electron chi connectivity index (χ4n) is 1.89. The Kier molecular flexibility index (Phi) is 3.32. The topological polar surface area (TPSA) is 73.1 Å². The fraction of sp³-hybridized carbons (Fsp3) is 0.154. The molecule has 0 fully saturated rings. The van der Waals surface area contributed by atoms with Gasteiger partial charge in [-0.05, 0) is 28.5 Å². The molecule has 0 aliphatic carbocycles. The normalized spacial score (nSPS) is 11.6. The second-order valence-electron chi connectivity index (χ2n) is 4.36. The van der Waals surface area contributed by atoms with Crippen molar-refractivity contribution in [2.45, 2.75) is 6.18 Å². The van der Waals surface area contributed by atoms with Crippen LogP contribution in [0.3, 0.4) is 0 Å². The average molecular weight is 310 g/mol. The Balaban J connectivity index is 1.99. The first kappa shape index (κ1) is 14.1. The summed E-state index contributed by atoms with van der Waals surface area (Å²) < 4.78 is 47.8. The molecule has 0 radical (unpaired) electrons. The van der Waals surface area contributed by atoms with Gasteiger partial charge in [-0.3, -0.25) is 0 Å². The SMILES string of the molecule is COc1nc2nonc2cc1Nc1cccc(C(F)(F)F)c1. The van der Waals surface area contributed by atoms with Crippen molar-refractivity contribution < 1.29 is 22.5 Å². The predicted octanol–water partition coefficient (Wildman–Crippen LogP) is 3.39. The molecule has 0 bridgehead atoms. The van der Waals surface area contributed by atoms with Crippen molar-refractivity contribution in [2.24, 2.45) is 0 Å². The van der Waals surface area contributed by atoms with E-state index in [1.165, 1.54) is 25.3 Å². The number of methoxy groups -OCH3 is 1. The van der Waals surface area contributed by atoms with Gasteiger partial charge in [-0.2, -0.15) is 18.2 Å². The molecule has 2 heterocycles. The Morgan fingerprint density at radius 3 is 2.73 bits per heavy atom. The third-order valence-corrected chi connectivity index (χ3v) is 2.88. The summed E-state index contributed by atoms with van der Waals surface area (Å²) in [6.45, 7) is 0. The molecule has 3 rings (SSSR count). The fourth-order valence-corrected chi connectivity index (χ4v) is 1.89. The molecule has 0 aliphatic rings.